The van der Waals surface area contributed by atoms with Crippen LogP contribution in [0, 0.1) is 0 Å². The lowest BCUT2D eigenvalue weighted by atomic mass is 10.1. The molecule has 0 saturated heterocycles. The average Bonchev–Trinajstić information content (AvgIpc) is 3.06. The third-order valence-corrected chi connectivity index (χ3v) is 4.05. The Hall–Kier alpha value is -3.06. The summed E-state index contributed by atoms with van der Waals surface area (Å²) < 4.78 is 16.1. The zero-order chi connectivity index (χ0) is 19.4. The van der Waals surface area contributed by atoms with Gasteiger partial charge in [0.15, 0.2) is 5.58 Å². The van der Waals surface area contributed by atoms with Crippen molar-refractivity contribution >= 4 is 16.9 Å². The van der Waals surface area contributed by atoms with E-state index in [0.29, 0.717) is 41.3 Å². The van der Waals surface area contributed by atoms with E-state index in [1.54, 1.807) is 37.3 Å². The topological polar surface area (TPSA) is 89.1 Å². The number of nitrogens with one attached hydrogen (secondary N) is 1. The van der Waals surface area contributed by atoms with Gasteiger partial charge < -0.3 is 24.0 Å². The van der Waals surface area contributed by atoms with Crippen LogP contribution < -0.4 is 14.7 Å². The number of quaternary nitrogens is 1. The summed E-state index contributed by atoms with van der Waals surface area (Å²) in [5.74, 6) is 0.176. The fourth-order valence-electron chi connectivity index (χ4n) is 2.77. The summed E-state index contributed by atoms with van der Waals surface area (Å²) in [5.41, 5.74) is 2.22. The van der Waals surface area contributed by atoms with Gasteiger partial charge in [-0.1, -0.05) is 17.0 Å². The van der Waals surface area contributed by atoms with Crippen molar-refractivity contribution < 1.29 is 28.8 Å². The molecule has 0 saturated carbocycles. The van der Waals surface area contributed by atoms with Crippen molar-refractivity contribution in [2.75, 3.05) is 20.7 Å². The quantitative estimate of drug-likeness (QED) is 0.631. The summed E-state index contributed by atoms with van der Waals surface area (Å²) >= 11 is 0. The molecule has 0 amide bonds. The Balaban J connectivity index is 1.75. The number of esters is 1. The van der Waals surface area contributed by atoms with E-state index in [4.69, 9.17) is 14.0 Å². The van der Waals surface area contributed by atoms with Crippen LogP contribution in [0.1, 0.15) is 28.5 Å². The minimum absolute atomic E-state index is 0.0538. The van der Waals surface area contributed by atoms with Crippen LogP contribution >= 0.6 is 0 Å². The van der Waals surface area contributed by atoms with Crippen LogP contribution in [0.15, 0.2) is 40.9 Å². The number of nitrogens with zero attached hydrogens (tertiary/aromatic N) is 1. The minimum Gasteiger partial charge on any atom is -0.872 e. The van der Waals surface area contributed by atoms with Crippen molar-refractivity contribution in [3.8, 4) is 11.5 Å². The number of ether oxygens (including phenoxy) is 2. The molecule has 2 aromatic carbocycles. The van der Waals surface area contributed by atoms with Crippen molar-refractivity contribution in [3.05, 3.63) is 53.2 Å². The molecule has 0 spiro atoms. The lowest BCUT2D eigenvalue weighted by Gasteiger charge is -2.15. The molecule has 1 heterocycles. The third-order valence-electron chi connectivity index (χ3n) is 4.05. The molecule has 27 heavy (non-hydrogen) atoms. The molecule has 0 fully saturated rings. The summed E-state index contributed by atoms with van der Waals surface area (Å²) in [6, 6.07) is 9.95. The molecule has 7 heteroatoms. The van der Waals surface area contributed by atoms with Gasteiger partial charge in [-0.3, -0.25) is 0 Å². The first-order valence-electron chi connectivity index (χ1n) is 8.75. The van der Waals surface area contributed by atoms with Gasteiger partial charge in [0.05, 0.1) is 26.3 Å². The zero-order valence-electron chi connectivity index (χ0n) is 15.6. The number of benzene rings is 2. The normalized spacial score (nSPS) is 11.1. The van der Waals surface area contributed by atoms with Gasteiger partial charge in [0.1, 0.15) is 24.6 Å². The van der Waals surface area contributed by atoms with Crippen LogP contribution in [0.3, 0.4) is 0 Å². The molecule has 0 aliphatic heterocycles. The SMILES string of the molecule is CCOC(=O)c1ccc(OCc2noc3c(C[NH+](C)C)c([O-])ccc23)cc1. The molecular formula is C20H22N2O5. The summed E-state index contributed by atoms with van der Waals surface area (Å²) in [7, 11) is 3.94. The van der Waals surface area contributed by atoms with Gasteiger partial charge in [0.25, 0.3) is 0 Å². The minimum atomic E-state index is -0.365. The highest BCUT2D eigenvalue weighted by Crippen LogP contribution is 2.28. The molecule has 0 atom stereocenters. The van der Waals surface area contributed by atoms with Gasteiger partial charge in [-0.25, -0.2) is 4.79 Å². The molecule has 0 bridgehead atoms. The Bertz CT molecular complexity index is 931. The first-order valence-corrected chi connectivity index (χ1v) is 8.75. The maximum absolute atomic E-state index is 12.1. The van der Waals surface area contributed by atoms with E-state index in [1.165, 1.54) is 6.07 Å². The van der Waals surface area contributed by atoms with Gasteiger partial charge in [0, 0.05) is 10.9 Å². The standard InChI is InChI=1S/C20H22N2O5/c1-4-25-20(24)13-5-7-14(8-6-13)26-12-17-15-9-10-18(23)16(11-22(2)3)19(15)27-21-17/h5-10,23H,4,11-12H2,1-3H3. The predicted octanol–water partition coefficient (Wildman–Crippen LogP) is 1.30. The number of fused-ring (bicyclic) bond motifs is 1. The smallest absolute Gasteiger partial charge is 0.338 e. The van der Waals surface area contributed by atoms with Gasteiger partial charge in [-0.15, -0.1) is 0 Å². The van der Waals surface area contributed by atoms with E-state index in [2.05, 4.69) is 5.16 Å². The second-order valence-electron chi connectivity index (χ2n) is 6.47. The van der Waals surface area contributed by atoms with Crippen LogP contribution in [0.25, 0.3) is 11.0 Å². The summed E-state index contributed by atoms with van der Waals surface area (Å²) in [6.45, 7) is 2.84. The lowest BCUT2D eigenvalue weighted by Crippen LogP contribution is -3.04. The highest BCUT2D eigenvalue weighted by molar-refractivity contribution is 5.89. The molecule has 1 aromatic heterocycles. The van der Waals surface area contributed by atoms with E-state index < -0.39 is 0 Å². The number of hydrogen-bond acceptors (Lipinski definition) is 6. The summed E-state index contributed by atoms with van der Waals surface area (Å²) in [4.78, 5) is 12.8. The molecule has 0 unspecified atom stereocenters. The summed E-state index contributed by atoms with van der Waals surface area (Å²) in [5, 5.41) is 17.0. The van der Waals surface area contributed by atoms with E-state index in [0.717, 1.165) is 10.3 Å². The van der Waals surface area contributed by atoms with Crippen molar-refractivity contribution in [1.82, 2.24) is 5.16 Å². The number of carbonyl (C=O) groups is 1. The van der Waals surface area contributed by atoms with Crippen LogP contribution in [-0.2, 0) is 17.9 Å². The van der Waals surface area contributed by atoms with E-state index in [-0.39, 0.29) is 18.3 Å². The first kappa shape index (κ1) is 18.7. The highest BCUT2D eigenvalue weighted by Gasteiger charge is 2.15. The van der Waals surface area contributed by atoms with Crippen LogP contribution in [-0.4, -0.2) is 31.8 Å². The number of aromatic nitrogens is 1. The molecule has 0 radical (unpaired) electrons. The van der Waals surface area contributed by atoms with E-state index in [9.17, 15) is 9.90 Å². The Kier molecular flexibility index (Phi) is 5.61. The molecule has 142 valence electrons. The molecule has 3 rings (SSSR count). The van der Waals surface area contributed by atoms with Crippen molar-refractivity contribution in [3.63, 3.8) is 0 Å². The lowest BCUT2D eigenvalue weighted by molar-refractivity contribution is -0.872. The van der Waals surface area contributed by atoms with Gasteiger partial charge in [0.2, 0.25) is 0 Å². The van der Waals surface area contributed by atoms with Crippen LogP contribution in [0.4, 0.5) is 0 Å². The van der Waals surface area contributed by atoms with Gasteiger partial charge in [-0.2, -0.15) is 0 Å². The Labute approximate surface area is 157 Å². The van der Waals surface area contributed by atoms with E-state index in [1.807, 2.05) is 14.1 Å². The largest absolute Gasteiger partial charge is 0.872 e. The second kappa shape index (κ2) is 8.09. The third kappa shape index (κ3) is 4.20. The Morgan fingerprint density at radius 1 is 1.19 bits per heavy atom. The maximum atomic E-state index is 12.1. The fourth-order valence-corrected chi connectivity index (χ4v) is 2.77. The second-order valence-corrected chi connectivity index (χ2v) is 6.47. The van der Waals surface area contributed by atoms with Gasteiger partial charge >= 0.3 is 5.97 Å². The molecule has 7 nitrogen and oxygen atoms in total. The maximum Gasteiger partial charge on any atom is 0.338 e. The first-order chi connectivity index (χ1) is 13.0. The fraction of sp³-hybridized carbons (Fsp3) is 0.300. The van der Waals surface area contributed by atoms with Crippen molar-refractivity contribution in [1.29, 1.82) is 0 Å². The molecule has 3 aromatic rings. The zero-order valence-corrected chi connectivity index (χ0v) is 15.6. The number of hydrogen-bond donors (Lipinski definition) is 1. The van der Waals surface area contributed by atoms with Gasteiger partial charge in [-0.05, 0) is 37.3 Å². The molecule has 0 aliphatic rings. The number of carbonyl (C=O) groups excluding carboxylic acids is 1. The van der Waals surface area contributed by atoms with E-state index >= 15 is 0 Å². The highest BCUT2D eigenvalue weighted by atomic mass is 16.5. The van der Waals surface area contributed by atoms with Crippen molar-refractivity contribution in [2.45, 2.75) is 20.1 Å². The predicted molar refractivity (Wildman–Crippen MR) is 96.7 cm³/mol. The molecule has 1 N–H and O–H groups in total. The summed E-state index contributed by atoms with van der Waals surface area (Å²) in [6.07, 6.45) is 0. The monoisotopic (exact) mass is 370 g/mol. The Morgan fingerprint density at radius 2 is 1.93 bits per heavy atom. The number of rotatable bonds is 7. The molecule has 0 aliphatic carbocycles. The average molecular weight is 370 g/mol. The molecular weight excluding hydrogens is 348 g/mol. The Morgan fingerprint density at radius 3 is 2.59 bits per heavy atom. The van der Waals surface area contributed by atoms with Crippen LogP contribution in [0.2, 0.25) is 0 Å². The van der Waals surface area contributed by atoms with Crippen molar-refractivity contribution in [2.24, 2.45) is 0 Å². The van der Waals surface area contributed by atoms with Crippen LogP contribution in [0.5, 0.6) is 11.5 Å².